The molecule has 5 nitrogen and oxygen atoms in total. The number of halogens is 6. The molecule has 2 N–H and O–H groups in total. The van der Waals surface area contributed by atoms with Crippen molar-refractivity contribution in [1.29, 1.82) is 0 Å². The van der Waals surface area contributed by atoms with Gasteiger partial charge in [0, 0.05) is 14.1 Å². The predicted octanol–water partition coefficient (Wildman–Crippen LogP) is 0.631. The molecule has 0 heterocycles. The van der Waals surface area contributed by atoms with Crippen LogP contribution in [-0.4, -0.2) is 59.5 Å². The minimum absolute atomic E-state index is 0.679. The van der Waals surface area contributed by atoms with Crippen LogP contribution in [0.3, 0.4) is 0 Å². The zero-order chi connectivity index (χ0) is 15.3. The number of carbonyl (C=O) groups is 2. The Balaban J connectivity index is 0. The Bertz CT molecular complexity index is 297. The average Bonchev–Trinajstić information content (AvgIpc) is 2.13. The van der Waals surface area contributed by atoms with Crippen molar-refractivity contribution in [1.82, 2.24) is 4.90 Å². The predicted molar refractivity (Wildman–Crippen MR) is 44.4 cm³/mol. The summed E-state index contributed by atoms with van der Waals surface area (Å²) in [5, 5.41) is 15.4. The standard InChI is InChI=1S/C5H8F3NO2.C2HF3O2/c1-9(2)4(11)3(10)5(6,7)8;3-2(4,5)1(6)7/h3,10H,1-2H3;(H,6,7). The first-order chi connectivity index (χ1) is 7.71. The van der Waals surface area contributed by atoms with Crippen LogP contribution in [-0.2, 0) is 9.59 Å². The van der Waals surface area contributed by atoms with Crippen molar-refractivity contribution >= 4 is 11.9 Å². The monoisotopic (exact) mass is 285 g/mol. The topological polar surface area (TPSA) is 77.8 Å². The smallest absolute Gasteiger partial charge is 0.475 e. The molecule has 0 spiro atoms. The number of alkyl halides is 6. The molecule has 0 aromatic carbocycles. The van der Waals surface area contributed by atoms with E-state index in [-0.39, 0.29) is 0 Å². The maximum absolute atomic E-state index is 11.6. The Hall–Kier alpha value is -1.52. The molecule has 0 aliphatic heterocycles. The van der Waals surface area contributed by atoms with E-state index in [1.807, 2.05) is 0 Å². The van der Waals surface area contributed by atoms with Gasteiger partial charge in [-0.15, -0.1) is 0 Å². The van der Waals surface area contributed by atoms with Gasteiger partial charge in [0.2, 0.25) is 6.10 Å². The molecule has 0 bridgehead atoms. The number of hydrogen-bond acceptors (Lipinski definition) is 3. The third-order valence-electron chi connectivity index (χ3n) is 1.23. The van der Waals surface area contributed by atoms with Crippen molar-refractivity contribution in [3.8, 4) is 0 Å². The third kappa shape index (κ3) is 7.70. The van der Waals surface area contributed by atoms with E-state index >= 15 is 0 Å². The van der Waals surface area contributed by atoms with Crippen LogP contribution >= 0.6 is 0 Å². The maximum Gasteiger partial charge on any atom is 0.490 e. The molecule has 0 fully saturated rings. The lowest BCUT2D eigenvalue weighted by molar-refractivity contribution is -0.209. The minimum Gasteiger partial charge on any atom is -0.475 e. The van der Waals surface area contributed by atoms with Gasteiger partial charge in [-0.3, -0.25) is 4.79 Å². The number of likely N-dealkylation sites (N-methyl/N-ethyl adjacent to an activating group) is 1. The van der Waals surface area contributed by atoms with E-state index in [9.17, 15) is 31.1 Å². The summed E-state index contributed by atoms with van der Waals surface area (Å²) in [6.07, 6.45) is -12.9. The van der Waals surface area contributed by atoms with Gasteiger partial charge in [-0.2, -0.15) is 26.3 Å². The molecule has 11 heteroatoms. The summed E-state index contributed by atoms with van der Waals surface area (Å²) in [5.41, 5.74) is 0. The number of carboxylic acid groups (broad SMARTS) is 1. The summed E-state index contributed by atoms with van der Waals surface area (Å²) < 4.78 is 66.4. The molecular formula is C7H9F6NO4. The Morgan fingerprint density at radius 1 is 1.06 bits per heavy atom. The van der Waals surface area contributed by atoms with Gasteiger partial charge in [0.15, 0.2) is 0 Å². The molecule has 0 rings (SSSR count). The minimum atomic E-state index is -5.08. The first-order valence-corrected chi connectivity index (χ1v) is 3.97. The van der Waals surface area contributed by atoms with E-state index in [1.165, 1.54) is 0 Å². The molecule has 0 aliphatic carbocycles. The summed E-state index contributed by atoms with van der Waals surface area (Å²) in [6, 6.07) is 0. The number of carbonyl (C=O) groups excluding carboxylic acids is 1. The number of hydrogen-bond donors (Lipinski definition) is 2. The van der Waals surface area contributed by atoms with Gasteiger partial charge in [0.05, 0.1) is 0 Å². The van der Waals surface area contributed by atoms with E-state index in [0.717, 1.165) is 14.1 Å². The summed E-state index contributed by atoms with van der Waals surface area (Å²) in [4.78, 5) is 20.0. The number of nitrogens with zero attached hydrogens (tertiary/aromatic N) is 1. The van der Waals surface area contributed by atoms with Crippen LogP contribution < -0.4 is 0 Å². The Labute approximate surface area is 96.6 Å². The molecule has 18 heavy (non-hydrogen) atoms. The van der Waals surface area contributed by atoms with Crippen LogP contribution in [0.15, 0.2) is 0 Å². The lowest BCUT2D eigenvalue weighted by atomic mass is 10.3. The van der Waals surface area contributed by atoms with E-state index in [4.69, 9.17) is 15.0 Å². The van der Waals surface area contributed by atoms with Gasteiger partial charge in [0.1, 0.15) is 0 Å². The maximum atomic E-state index is 11.6. The Morgan fingerprint density at radius 3 is 1.39 bits per heavy atom. The molecule has 0 aromatic rings. The van der Waals surface area contributed by atoms with Gasteiger partial charge in [-0.05, 0) is 0 Å². The number of rotatable bonds is 1. The number of carboxylic acids is 1. The van der Waals surface area contributed by atoms with Crippen LogP contribution in [0.1, 0.15) is 0 Å². The summed E-state index contributed by atoms with van der Waals surface area (Å²) in [7, 11) is 2.27. The van der Waals surface area contributed by atoms with E-state index in [1.54, 1.807) is 0 Å². The fourth-order valence-corrected chi connectivity index (χ4v) is 0.385. The Morgan fingerprint density at radius 2 is 1.33 bits per heavy atom. The molecule has 0 saturated heterocycles. The molecule has 0 saturated carbocycles. The highest BCUT2D eigenvalue weighted by Gasteiger charge is 2.44. The Kier molecular flexibility index (Phi) is 6.72. The van der Waals surface area contributed by atoms with Crippen LogP contribution in [0.5, 0.6) is 0 Å². The lowest BCUT2D eigenvalue weighted by Gasteiger charge is -2.17. The van der Waals surface area contributed by atoms with Crippen LogP contribution in [0, 0.1) is 0 Å². The van der Waals surface area contributed by atoms with Gasteiger partial charge >= 0.3 is 18.3 Å². The van der Waals surface area contributed by atoms with E-state index in [2.05, 4.69) is 0 Å². The molecule has 1 amide bonds. The molecule has 1 atom stereocenters. The SMILES string of the molecule is CN(C)C(=O)C(O)C(F)(F)F.O=C(O)C(F)(F)F. The quantitative estimate of drug-likeness (QED) is 0.693. The fraction of sp³-hybridized carbons (Fsp3) is 0.714. The lowest BCUT2D eigenvalue weighted by Crippen LogP contribution is -2.43. The zero-order valence-corrected chi connectivity index (χ0v) is 9.00. The second-order valence-electron chi connectivity index (χ2n) is 2.98. The van der Waals surface area contributed by atoms with Crippen molar-refractivity contribution in [2.45, 2.75) is 18.5 Å². The molecule has 0 aliphatic rings. The number of aliphatic hydroxyl groups excluding tert-OH is 1. The summed E-state index contributed by atoms with van der Waals surface area (Å²) in [5.74, 6) is -4.12. The normalized spacial score (nSPS) is 13.2. The van der Waals surface area contributed by atoms with Crippen LogP contribution in [0.4, 0.5) is 26.3 Å². The first kappa shape index (κ1) is 18.8. The number of aliphatic carboxylic acids is 1. The zero-order valence-electron chi connectivity index (χ0n) is 9.00. The van der Waals surface area contributed by atoms with Crippen LogP contribution in [0.25, 0.3) is 0 Å². The molecular weight excluding hydrogens is 276 g/mol. The summed E-state index contributed by atoms with van der Waals surface area (Å²) >= 11 is 0. The third-order valence-corrected chi connectivity index (χ3v) is 1.23. The highest BCUT2D eigenvalue weighted by molar-refractivity contribution is 5.80. The fourth-order valence-electron chi connectivity index (χ4n) is 0.385. The molecule has 1 unspecified atom stereocenters. The average molecular weight is 285 g/mol. The van der Waals surface area contributed by atoms with Gasteiger partial charge in [-0.1, -0.05) is 0 Å². The highest BCUT2D eigenvalue weighted by Crippen LogP contribution is 2.20. The largest absolute Gasteiger partial charge is 0.490 e. The number of amides is 1. The van der Waals surface area contributed by atoms with Crippen molar-refractivity contribution in [2.24, 2.45) is 0 Å². The highest BCUT2D eigenvalue weighted by atomic mass is 19.4. The first-order valence-electron chi connectivity index (χ1n) is 3.97. The number of aliphatic hydroxyl groups is 1. The van der Waals surface area contributed by atoms with Crippen molar-refractivity contribution in [3.63, 3.8) is 0 Å². The van der Waals surface area contributed by atoms with E-state index < -0.39 is 30.3 Å². The second-order valence-corrected chi connectivity index (χ2v) is 2.98. The van der Waals surface area contributed by atoms with Gasteiger partial charge < -0.3 is 15.1 Å². The van der Waals surface area contributed by atoms with Gasteiger partial charge in [-0.25, -0.2) is 4.79 Å². The van der Waals surface area contributed by atoms with Crippen molar-refractivity contribution < 1.29 is 46.1 Å². The molecule has 0 aromatic heterocycles. The van der Waals surface area contributed by atoms with Gasteiger partial charge in [0.25, 0.3) is 5.91 Å². The molecule has 108 valence electrons. The van der Waals surface area contributed by atoms with Crippen molar-refractivity contribution in [2.75, 3.05) is 14.1 Å². The molecule has 0 radical (unpaired) electrons. The van der Waals surface area contributed by atoms with Crippen LogP contribution in [0.2, 0.25) is 0 Å². The van der Waals surface area contributed by atoms with E-state index in [0.29, 0.717) is 4.90 Å². The van der Waals surface area contributed by atoms with Crippen molar-refractivity contribution in [3.05, 3.63) is 0 Å². The second kappa shape index (κ2) is 6.42. The summed E-state index contributed by atoms with van der Waals surface area (Å²) in [6.45, 7) is 0.